The number of hydrogen-bond donors (Lipinski definition) is 2. The lowest BCUT2D eigenvalue weighted by Crippen LogP contribution is -2.20. The first-order valence-corrected chi connectivity index (χ1v) is 7.55. The minimum absolute atomic E-state index is 0.0412. The fourth-order valence-corrected chi connectivity index (χ4v) is 3.09. The van der Waals surface area contributed by atoms with Crippen molar-refractivity contribution in [2.45, 2.75) is 31.9 Å². The number of fused-ring (bicyclic) bond motifs is 1. The van der Waals surface area contributed by atoms with Gasteiger partial charge in [-0.1, -0.05) is 18.2 Å². The summed E-state index contributed by atoms with van der Waals surface area (Å²) in [5.74, 6) is 0.524. The molecule has 1 fully saturated rings. The third-order valence-electron chi connectivity index (χ3n) is 4.28. The van der Waals surface area contributed by atoms with E-state index in [4.69, 9.17) is 4.74 Å². The number of aliphatic hydroxyl groups is 1. The summed E-state index contributed by atoms with van der Waals surface area (Å²) in [5.41, 5.74) is 1.67. The molecule has 2 atom stereocenters. The molecule has 1 aliphatic carbocycles. The molecule has 0 unspecified atom stereocenters. The molecule has 1 aromatic carbocycles. The molecule has 2 aromatic rings. The van der Waals surface area contributed by atoms with E-state index in [0.717, 1.165) is 35.7 Å². The number of benzene rings is 1. The molecular formula is C17H20N2O3. The Balaban J connectivity index is 1.80. The van der Waals surface area contributed by atoms with E-state index in [9.17, 15) is 9.90 Å². The average Bonchev–Trinajstić information content (AvgIpc) is 3.02. The third kappa shape index (κ3) is 2.90. The van der Waals surface area contributed by atoms with Crippen LogP contribution in [0.3, 0.4) is 0 Å². The Bertz CT molecular complexity index is 687. The van der Waals surface area contributed by atoms with Crippen LogP contribution in [0.2, 0.25) is 0 Å². The van der Waals surface area contributed by atoms with Crippen molar-refractivity contribution in [3.8, 4) is 0 Å². The topological polar surface area (TPSA) is 71.5 Å². The second-order valence-electron chi connectivity index (χ2n) is 5.72. The standard InChI is InChI=1S/C17H20N2O3/c1-22-17(21)12-6-7-14(9-12)18-16-13(10-20)8-11-4-2-3-5-15(11)19-16/h2-5,8,12,14,20H,6-7,9-10H2,1H3,(H,18,19)/t12-,14+/m0/s1. The number of pyridine rings is 1. The number of aromatic nitrogens is 1. The normalized spacial score (nSPS) is 21.0. The average molecular weight is 300 g/mol. The van der Waals surface area contributed by atoms with Crippen molar-refractivity contribution in [1.29, 1.82) is 0 Å². The molecule has 1 heterocycles. The maximum Gasteiger partial charge on any atom is 0.308 e. The number of aliphatic hydroxyl groups excluding tert-OH is 1. The minimum Gasteiger partial charge on any atom is -0.469 e. The zero-order chi connectivity index (χ0) is 15.5. The summed E-state index contributed by atoms with van der Waals surface area (Å²) in [5, 5.41) is 14.0. The molecule has 0 bridgehead atoms. The molecule has 1 aliphatic rings. The van der Waals surface area contributed by atoms with E-state index in [1.807, 2.05) is 30.3 Å². The molecule has 22 heavy (non-hydrogen) atoms. The number of anilines is 1. The number of nitrogens with one attached hydrogen (secondary N) is 1. The van der Waals surface area contributed by atoms with E-state index in [1.54, 1.807) is 0 Å². The van der Waals surface area contributed by atoms with Crippen molar-refractivity contribution in [2.24, 2.45) is 5.92 Å². The zero-order valence-corrected chi connectivity index (χ0v) is 12.6. The van der Waals surface area contributed by atoms with Crippen molar-refractivity contribution in [2.75, 3.05) is 12.4 Å². The highest BCUT2D eigenvalue weighted by atomic mass is 16.5. The van der Waals surface area contributed by atoms with Crippen LogP contribution >= 0.6 is 0 Å². The maximum atomic E-state index is 11.6. The van der Waals surface area contributed by atoms with Crippen molar-refractivity contribution in [3.63, 3.8) is 0 Å². The van der Waals surface area contributed by atoms with Gasteiger partial charge in [-0.25, -0.2) is 4.98 Å². The van der Waals surface area contributed by atoms with E-state index in [-0.39, 0.29) is 24.5 Å². The molecule has 0 radical (unpaired) electrons. The molecule has 3 rings (SSSR count). The number of carbonyl (C=O) groups excluding carboxylic acids is 1. The Labute approximate surface area is 129 Å². The Morgan fingerprint density at radius 2 is 2.23 bits per heavy atom. The summed E-state index contributed by atoms with van der Waals surface area (Å²) >= 11 is 0. The molecule has 2 N–H and O–H groups in total. The summed E-state index contributed by atoms with van der Waals surface area (Å²) in [6.07, 6.45) is 2.47. The van der Waals surface area contributed by atoms with Gasteiger partial charge in [0, 0.05) is 17.0 Å². The van der Waals surface area contributed by atoms with Gasteiger partial charge in [0.2, 0.25) is 0 Å². The lowest BCUT2D eigenvalue weighted by Gasteiger charge is -2.16. The summed E-state index contributed by atoms with van der Waals surface area (Å²) in [7, 11) is 1.43. The Hall–Kier alpha value is -2.14. The Morgan fingerprint density at radius 3 is 3.00 bits per heavy atom. The Kier molecular flexibility index (Phi) is 4.24. The van der Waals surface area contributed by atoms with Crippen LogP contribution in [0.1, 0.15) is 24.8 Å². The first kappa shape index (κ1) is 14.8. The van der Waals surface area contributed by atoms with Gasteiger partial charge in [-0.05, 0) is 31.4 Å². The van der Waals surface area contributed by atoms with Crippen LogP contribution in [0, 0.1) is 5.92 Å². The first-order chi connectivity index (χ1) is 10.7. The summed E-state index contributed by atoms with van der Waals surface area (Å²) < 4.78 is 4.81. The van der Waals surface area contributed by atoms with Crippen molar-refractivity contribution in [3.05, 3.63) is 35.9 Å². The van der Waals surface area contributed by atoms with E-state index in [2.05, 4.69) is 10.3 Å². The second-order valence-corrected chi connectivity index (χ2v) is 5.72. The monoisotopic (exact) mass is 300 g/mol. The van der Waals surface area contributed by atoms with Gasteiger partial charge in [-0.3, -0.25) is 4.79 Å². The van der Waals surface area contributed by atoms with Crippen LogP contribution < -0.4 is 5.32 Å². The lowest BCUT2D eigenvalue weighted by atomic mass is 10.1. The van der Waals surface area contributed by atoms with E-state index in [0.29, 0.717) is 5.82 Å². The van der Waals surface area contributed by atoms with E-state index in [1.165, 1.54) is 7.11 Å². The predicted octanol–water partition coefficient (Wildman–Crippen LogP) is 2.48. The quantitative estimate of drug-likeness (QED) is 0.849. The molecular weight excluding hydrogens is 280 g/mol. The molecule has 0 aliphatic heterocycles. The first-order valence-electron chi connectivity index (χ1n) is 7.55. The van der Waals surface area contributed by atoms with Gasteiger partial charge in [0.25, 0.3) is 0 Å². The van der Waals surface area contributed by atoms with Gasteiger partial charge in [0.05, 0.1) is 25.2 Å². The van der Waals surface area contributed by atoms with E-state index < -0.39 is 0 Å². The number of esters is 1. The third-order valence-corrected chi connectivity index (χ3v) is 4.28. The van der Waals surface area contributed by atoms with Gasteiger partial charge in [0.1, 0.15) is 5.82 Å². The van der Waals surface area contributed by atoms with Crippen molar-refractivity contribution < 1.29 is 14.6 Å². The lowest BCUT2D eigenvalue weighted by molar-refractivity contribution is -0.145. The summed E-state index contributed by atoms with van der Waals surface area (Å²) in [6, 6.07) is 9.97. The van der Waals surface area contributed by atoms with Crippen molar-refractivity contribution in [1.82, 2.24) is 4.98 Å². The molecule has 116 valence electrons. The van der Waals surface area contributed by atoms with Crippen LogP contribution in [0.4, 0.5) is 5.82 Å². The van der Waals surface area contributed by atoms with Gasteiger partial charge >= 0.3 is 5.97 Å². The highest BCUT2D eigenvalue weighted by Gasteiger charge is 2.31. The zero-order valence-electron chi connectivity index (χ0n) is 12.6. The number of ether oxygens (including phenoxy) is 1. The molecule has 1 aromatic heterocycles. The fraction of sp³-hybridized carbons (Fsp3) is 0.412. The highest BCUT2D eigenvalue weighted by Crippen LogP contribution is 2.30. The smallest absolute Gasteiger partial charge is 0.308 e. The van der Waals surface area contributed by atoms with Gasteiger partial charge in [-0.15, -0.1) is 0 Å². The SMILES string of the molecule is COC(=O)[C@H]1CC[C@@H](Nc2nc3ccccc3cc2CO)C1. The minimum atomic E-state index is -0.141. The van der Waals surface area contributed by atoms with Crippen LogP contribution in [-0.2, 0) is 16.1 Å². The molecule has 0 saturated heterocycles. The number of nitrogens with zero attached hydrogens (tertiary/aromatic N) is 1. The van der Waals surface area contributed by atoms with Crippen LogP contribution in [0.5, 0.6) is 0 Å². The Morgan fingerprint density at radius 1 is 1.41 bits per heavy atom. The van der Waals surface area contributed by atoms with Gasteiger partial charge < -0.3 is 15.2 Å². The van der Waals surface area contributed by atoms with Crippen LogP contribution in [0.15, 0.2) is 30.3 Å². The second kappa shape index (κ2) is 6.32. The largest absolute Gasteiger partial charge is 0.469 e. The predicted molar refractivity (Wildman–Crippen MR) is 84.4 cm³/mol. The number of rotatable bonds is 4. The highest BCUT2D eigenvalue weighted by molar-refractivity contribution is 5.81. The van der Waals surface area contributed by atoms with E-state index >= 15 is 0 Å². The molecule has 0 spiro atoms. The molecule has 5 heteroatoms. The molecule has 1 saturated carbocycles. The number of carbonyl (C=O) groups is 1. The summed E-state index contributed by atoms with van der Waals surface area (Å²) in [4.78, 5) is 16.2. The van der Waals surface area contributed by atoms with Gasteiger partial charge in [-0.2, -0.15) is 0 Å². The number of para-hydroxylation sites is 1. The molecule has 5 nitrogen and oxygen atoms in total. The van der Waals surface area contributed by atoms with Crippen LogP contribution in [-0.4, -0.2) is 29.2 Å². The summed E-state index contributed by atoms with van der Waals surface area (Å²) in [6.45, 7) is -0.0622. The maximum absolute atomic E-state index is 11.6. The number of methoxy groups -OCH3 is 1. The number of hydrogen-bond acceptors (Lipinski definition) is 5. The van der Waals surface area contributed by atoms with Crippen molar-refractivity contribution >= 4 is 22.7 Å². The van der Waals surface area contributed by atoms with Crippen LogP contribution in [0.25, 0.3) is 10.9 Å². The molecule has 0 amide bonds. The van der Waals surface area contributed by atoms with Gasteiger partial charge in [0.15, 0.2) is 0 Å². The fourth-order valence-electron chi connectivity index (χ4n) is 3.09.